The molecule has 22 heavy (non-hydrogen) atoms. The maximum absolute atomic E-state index is 12.2. The van der Waals surface area contributed by atoms with Crippen LogP contribution in [0.25, 0.3) is 0 Å². The molecule has 3 aliphatic heterocycles. The van der Waals surface area contributed by atoms with E-state index in [9.17, 15) is 8.42 Å². The van der Waals surface area contributed by atoms with Gasteiger partial charge in [0.1, 0.15) is 0 Å². The zero-order valence-corrected chi connectivity index (χ0v) is 14.1. The average molecular weight is 322 g/mol. The Morgan fingerprint density at radius 1 is 1.27 bits per heavy atom. The number of nitrogens with zero attached hydrogens (tertiary/aromatic N) is 1. The van der Waals surface area contributed by atoms with E-state index in [1.807, 2.05) is 30.3 Å². The fraction of sp³-hybridized carbons (Fsp3) is 0.647. The van der Waals surface area contributed by atoms with Crippen molar-refractivity contribution in [1.82, 2.24) is 9.62 Å². The minimum absolute atomic E-state index is 0.0710. The van der Waals surface area contributed by atoms with Gasteiger partial charge in [-0.2, -0.15) is 0 Å². The van der Waals surface area contributed by atoms with Crippen molar-refractivity contribution in [2.24, 2.45) is 11.8 Å². The van der Waals surface area contributed by atoms with Gasteiger partial charge in [-0.05, 0) is 36.8 Å². The van der Waals surface area contributed by atoms with Crippen molar-refractivity contribution in [2.75, 3.05) is 19.6 Å². The Kier molecular flexibility index (Phi) is 4.85. The van der Waals surface area contributed by atoms with Crippen LogP contribution in [-0.2, 0) is 15.8 Å². The monoisotopic (exact) mass is 322 g/mol. The first kappa shape index (κ1) is 16.0. The van der Waals surface area contributed by atoms with E-state index >= 15 is 0 Å². The molecule has 3 aliphatic rings. The van der Waals surface area contributed by atoms with Gasteiger partial charge in [-0.25, -0.2) is 13.1 Å². The second-order valence-corrected chi connectivity index (χ2v) is 8.50. The molecule has 0 radical (unpaired) electrons. The van der Waals surface area contributed by atoms with Gasteiger partial charge >= 0.3 is 0 Å². The van der Waals surface area contributed by atoms with Crippen molar-refractivity contribution in [2.45, 2.75) is 38.0 Å². The van der Waals surface area contributed by atoms with Gasteiger partial charge in [-0.1, -0.05) is 43.7 Å². The molecular formula is C17H26N2O2S. The van der Waals surface area contributed by atoms with Gasteiger partial charge in [-0.3, -0.25) is 4.90 Å². The molecule has 0 saturated carbocycles. The third-order valence-electron chi connectivity index (χ3n) is 5.28. The predicted octanol–water partition coefficient (Wildman–Crippen LogP) is 2.23. The molecule has 4 rings (SSSR count). The minimum atomic E-state index is -3.25. The van der Waals surface area contributed by atoms with Crippen LogP contribution in [0.1, 0.15) is 31.7 Å². The Labute approximate surface area is 134 Å². The molecule has 3 heterocycles. The van der Waals surface area contributed by atoms with Crippen LogP contribution >= 0.6 is 0 Å². The lowest BCUT2D eigenvalue weighted by atomic mass is 9.74. The van der Waals surface area contributed by atoms with E-state index in [0.717, 1.165) is 36.9 Å². The quantitative estimate of drug-likeness (QED) is 0.874. The Hall–Kier alpha value is -0.910. The maximum atomic E-state index is 12.2. The van der Waals surface area contributed by atoms with E-state index in [2.05, 4.69) is 16.5 Å². The van der Waals surface area contributed by atoms with Crippen LogP contribution in [0.3, 0.4) is 0 Å². The summed E-state index contributed by atoms with van der Waals surface area (Å²) in [5.74, 6) is 1.67. The first-order chi connectivity index (χ1) is 10.6. The van der Waals surface area contributed by atoms with Gasteiger partial charge in [-0.15, -0.1) is 0 Å². The van der Waals surface area contributed by atoms with E-state index in [0.29, 0.717) is 12.6 Å². The molecule has 1 aromatic rings. The fourth-order valence-corrected chi connectivity index (χ4v) is 5.17. The van der Waals surface area contributed by atoms with Gasteiger partial charge in [0, 0.05) is 19.1 Å². The van der Waals surface area contributed by atoms with Crippen LogP contribution in [0.15, 0.2) is 30.3 Å². The van der Waals surface area contributed by atoms with Crippen molar-refractivity contribution < 1.29 is 8.42 Å². The number of benzene rings is 1. The second kappa shape index (κ2) is 6.69. The molecule has 3 fully saturated rings. The highest BCUT2D eigenvalue weighted by Gasteiger charge is 2.39. The number of hydrogen-bond donors (Lipinski definition) is 1. The summed E-state index contributed by atoms with van der Waals surface area (Å²) < 4.78 is 27.3. The molecule has 1 unspecified atom stereocenters. The Bertz CT molecular complexity index is 588. The molecule has 0 aromatic heterocycles. The summed E-state index contributed by atoms with van der Waals surface area (Å²) >= 11 is 0. The SMILES string of the molecule is CC[C@@H]1CN2CC[C@H]1C[C@@H]2CNS(=O)(=O)Cc1ccccc1. The summed E-state index contributed by atoms with van der Waals surface area (Å²) in [6, 6.07) is 9.75. The summed E-state index contributed by atoms with van der Waals surface area (Å²) in [7, 11) is -3.25. The molecule has 122 valence electrons. The Morgan fingerprint density at radius 3 is 2.68 bits per heavy atom. The number of rotatable bonds is 6. The minimum Gasteiger partial charge on any atom is -0.299 e. The van der Waals surface area contributed by atoms with Crippen molar-refractivity contribution >= 4 is 10.0 Å². The third-order valence-corrected chi connectivity index (χ3v) is 6.60. The molecular weight excluding hydrogens is 296 g/mol. The van der Waals surface area contributed by atoms with Crippen molar-refractivity contribution in [3.8, 4) is 0 Å². The molecule has 4 nitrogen and oxygen atoms in total. The topological polar surface area (TPSA) is 49.4 Å². The predicted molar refractivity (Wildman–Crippen MR) is 88.9 cm³/mol. The molecule has 0 aliphatic carbocycles. The van der Waals surface area contributed by atoms with Crippen LogP contribution in [0.4, 0.5) is 0 Å². The standard InChI is InChI=1S/C17H26N2O2S/c1-2-15-12-19-9-8-16(15)10-17(19)11-18-22(20,21)13-14-6-4-3-5-7-14/h3-7,15-18H,2,8-13H2,1H3/t15-,16+,17-/m1/s1. The van der Waals surface area contributed by atoms with Crippen molar-refractivity contribution in [3.05, 3.63) is 35.9 Å². The number of nitrogens with one attached hydrogen (secondary N) is 1. The fourth-order valence-electron chi connectivity index (χ4n) is 3.99. The molecule has 0 spiro atoms. The molecule has 5 heteroatoms. The molecule has 2 bridgehead atoms. The van der Waals surface area contributed by atoms with Crippen molar-refractivity contribution in [1.29, 1.82) is 0 Å². The number of piperidine rings is 3. The normalized spacial score (nSPS) is 31.3. The van der Waals surface area contributed by atoms with Crippen LogP contribution in [0.5, 0.6) is 0 Å². The molecule has 1 N–H and O–H groups in total. The summed E-state index contributed by atoms with van der Waals surface area (Å²) in [5.41, 5.74) is 0.839. The molecule has 0 amide bonds. The van der Waals surface area contributed by atoms with Crippen LogP contribution in [0.2, 0.25) is 0 Å². The Balaban J connectivity index is 1.54. The smallest absolute Gasteiger partial charge is 0.215 e. The summed E-state index contributed by atoms with van der Waals surface area (Å²) in [4.78, 5) is 2.49. The molecule has 1 aromatic carbocycles. The molecule has 3 saturated heterocycles. The summed E-state index contributed by atoms with van der Waals surface area (Å²) in [6.07, 6.45) is 3.67. The first-order valence-corrected chi connectivity index (χ1v) is 9.98. The summed E-state index contributed by atoms with van der Waals surface area (Å²) in [6.45, 7) is 5.10. The highest BCUT2D eigenvalue weighted by atomic mass is 32.2. The largest absolute Gasteiger partial charge is 0.299 e. The highest BCUT2D eigenvalue weighted by molar-refractivity contribution is 7.88. The van der Waals surface area contributed by atoms with E-state index in [4.69, 9.17) is 0 Å². The lowest BCUT2D eigenvalue weighted by Gasteiger charge is -2.50. The van der Waals surface area contributed by atoms with Gasteiger partial charge in [0.05, 0.1) is 5.75 Å². The molecule has 4 atom stereocenters. The van der Waals surface area contributed by atoms with E-state index in [1.165, 1.54) is 12.8 Å². The lowest BCUT2D eigenvalue weighted by Crippen LogP contribution is -2.56. The first-order valence-electron chi connectivity index (χ1n) is 8.32. The number of fused-ring (bicyclic) bond motifs is 3. The zero-order chi connectivity index (χ0) is 15.6. The van der Waals surface area contributed by atoms with Crippen LogP contribution in [-0.4, -0.2) is 39.0 Å². The van der Waals surface area contributed by atoms with E-state index in [1.54, 1.807) is 0 Å². The highest BCUT2D eigenvalue weighted by Crippen LogP contribution is 2.37. The van der Waals surface area contributed by atoms with Crippen LogP contribution in [0, 0.1) is 11.8 Å². The summed E-state index contributed by atoms with van der Waals surface area (Å²) in [5, 5.41) is 0. The van der Waals surface area contributed by atoms with Gasteiger partial charge < -0.3 is 0 Å². The van der Waals surface area contributed by atoms with Crippen molar-refractivity contribution in [3.63, 3.8) is 0 Å². The van der Waals surface area contributed by atoms with Gasteiger partial charge in [0.2, 0.25) is 10.0 Å². The number of sulfonamides is 1. The van der Waals surface area contributed by atoms with E-state index in [-0.39, 0.29) is 5.75 Å². The van der Waals surface area contributed by atoms with Gasteiger partial charge in [0.15, 0.2) is 0 Å². The van der Waals surface area contributed by atoms with Gasteiger partial charge in [0.25, 0.3) is 0 Å². The second-order valence-electron chi connectivity index (χ2n) is 6.69. The van der Waals surface area contributed by atoms with Crippen LogP contribution < -0.4 is 4.72 Å². The number of hydrogen-bond acceptors (Lipinski definition) is 3. The third kappa shape index (κ3) is 3.70. The maximum Gasteiger partial charge on any atom is 0.215 e. The zero-order valence-electron chi connectivity index (χ0n) is 13.2. The lowest BCUT2D eigenvalue weighted by molar-refractivity contribution is 0.00236. The Morgan fingerprint density at radius 2 is 2.05 bits per heavy atom. The average Bonchev–Trinajstić information content (AvgIpc) is 2.54. The van der Waals surface area contributed by atoms with E-state index < -0.39 is 10.0 Å².